The minimum absolute atomic E-state index is 0.0300. The van der Waals surface area contributed by atoms with Crippen molar-refractivity contribution in [2.24, 2.45) is 0 Å². The number of carbonyl (C=O) groups is 2. The number of rotatable bonds is 7. The quantitative estimate of drug-likeness (QED) is 0.799. The molecule has 2 heterocycles. The summed E-state index contributed by atoms with van der Waals surface area (Å²) in [4.78, 5) is 29.6. The van der Waals surface area contributed by atoms with Crippen LogP contribution in [-0.4, -0.2) is 46.6 Å². The van der Waals surface area contributed by atoms with Gasteiger partial charge in [0.05, 0.1) is 24.7 Å². The third-order valence-corrected chi connectivity index (χ3v) is 4.95. The van der Waals surface area contributed by atoms with Gasteiger partial charge in [-0.15, -0.1) is 11.3 Å². The van der Waals surface area contributed by atoms with E-state index < -0.39 is 5.97 Å². The Balaban J connectivity index is 1.73. The van der Waals surface area contributed by atoms with Crippen LogP contribution in [0.2, 0.25) is 0 Å². The van der Waals surface area contributed by atoms with Gasteiger partial charge in [0.15, 0.2) is 11.5 Å². The molecule has 0 bridgehead atoms. The van der Waals surface area contributed by atoms with Crippen molar-refractivity contribution in [1.29, 1.82) is 0 Å². The van der Waals surface area contributed by atoms with Gasteiger partial charge in [0.2, 0.25) is 0 Å². The molecule has 2 aromatic rings. The summed E-state index contributed by atoms with van der Waals surface area (Å²) in [5.41, 5.74) is 3.02. The molecule has 1 atom stereocenters. The number of aromatic nitrogens is 1. The Morgan fingerprint density at radius 1 is 1.38 bits per heavy atom. The molecule has 1 aromatic carbocycles. The summed E-state index contributed by atoms with van der Waals surface area (Å²) in [6.45, 7) is 0.890. The smallest absolute Gasteiger partial charge is 0.305 e. The number of carboxylic acids is 1. The van der Waals surface area contributed by atoms with Crippen LogP contribution in [0.3, 0.4) is 0 Å². The summed E-state index contributed by atoms with van der Waals surface area (Å²) < 4.78 is 11.1. The Bertz CT molecular complexity index is 778. The maximum absolute atomic E-state index is 12.8. The molecule has 0 radical (unpaired) electrons. The van der Waals surface area contributed by atoms with E-state index in [1.807, 2.05) is 5.38 Å². The molecule has 1 aliphatic rings. The number of nitrogens with zero attached hydrogens (tertiary/aromatic N) is 2. The highest BCUT2D eigenvalue weighted by Gasteiger charge is 2.31. The Morgan fingerprint density at radius 2 is 2.23 bits per heavy atom. The van der Waals surface area contributed by atoms with E-state index in [-0.39, 0.29) is 18.4 Å². The molecule has 1 fully saturated rings. The molecule has 1 amide bonds. The first kappa shape index (κ1) is 18.2. The van der Waals surface area contributed by atoms with Crippen LogP contribution in [0, 0.1) is 0 Å². The number of likely N-dealkylation sites (tertiary alicyclic amines) is 1. The molecule has 0 aliphatic carbocycles. The van der Waals surface area contributed by atoms with Crippen molar-refractivity contribution in [1.82, 2.24) is 9.88 Å². The molecule has 7 nitrogen and oxygen atoms in total. The molecule has 8 heteroatoms. The van der Waals surface area contributed by atoms with E-state index in [1.54, 1.807) is 28.6 Å². The van der Waals surface area contributed by atoms with E-state index in [1.165, 1.54) is 18.4 Å². The highest BCUT2D eigenvalue weighted by Crippen LogP contribution is 2.31. The van der Waals surface area contributed by atoms with Crippen LogP contribution >= 0.6 is 11.3 Å². The van der Waals surface area contributed by atoms with Crippen molar-refractivity contribution >= 4 is 23.2 Å². The summed E-state index contributed by atoms with van der Waals surface area (Å²) in [5, 5.41) is 10.9. The number of carbonyl (C=O) groups excluding carboxylic acids is 1. The topological polar surface area (TPSA) is 89.0 Å². The maximum atomic E-state index is 12.8. The predicted molar refractivity (Wildman–Crippen MR) is 95.8 cm³/mol. The van der Waals surface area contributed by atoms with E-state index in [0.29, 0.717) is 36.6 Å². The average molecular weight is 376 g/mol. The number of carboxylic acid groups (broad SMARTS) is 1. The van der Waals surface area contributed by atoms with Crippen molar-refractivity contribution in [3.8, 4) is 11.5 Å². The van der Waals surface area contributed by atoms with Gasteiger partial charge in [-0.05, 0) is 31.0 Å². The second-order valence-corrected chi connectivity index (χ2v) is 6.75. The molecular formula is C18H20N2O5S. The van der Waals surface area contributed by atoms with E-state index in [9.17, 15) is 9.59 Å². The maximum Gasteiger partial charge on any atom is 0.305 e. The molecule has 1 saturated heterocycles. The first-order valence-corrected chi connectivity index (χ1v) is 9.23. The van der Waals surface area contributed by atoms with E-state index in [2.05, 4.69) is 4.98 Å². The normalized spacial score (nSPS) is 16.5. The van der Waals surface area contributed by atoms with Gasteiger partial charge in [0, 0.05) is 23.5 Å². The number of hydrogen-bond acceptors (Lipinski definition) is 6. The van der Waals surface area contributed by atoms with E-state index in [4.69, 9.17) is 14.6 Å². The molecule has 1 aliphatic heterocycles. The van der Waals surface area contributed by atoms with Crippen molar-refractivity contribution in [2.75, 3.05) is 13.7 Å². The number of ether oxygens (including phenoxy) is 2. The fraction of sp³-hybridized carbons (Fsp3) is 0.389. The monoisotopic (exact) mass is 376 g/mol. The molecule has 0 spiro atoms. The molecule has 3 rings (SSSR count). The van der Waals surface area contributed by atoms with Crippen molar-refractivity contribution < 1.29 is 24.2 Å². The number of thiazole rings is 1. The van der Waals surface area contributed by atoms with Crippen LogP contribution in [0.25, 0.3) is 0 Å². The van der Waals surface area contributed by atoms with Crippen LogP contribution in [0.15, 0.2) is 29.1 Å². The van der Waals surface area contributed by atoms with Gasteiger partial charge in [-0.3, -0.25) is 9.59 Å². The van der Waals surface area contributed by atoms with Gasteiger partial charge in [-0.2, -0.15) is 0 Å². The van der Waals surface area contributed by atoms with Crippen LogP contribution in [0.5, 0.6) is 11.5 Å². The lowest BCUT2D eigenvalue weighted by molar-refractivity contribution is -0.137. The zero-order valence-electron chi connectivity index (χ0n) is 14.4. The molecule has 26 heavy (non-hydrogen) atoms. The fourth-order valence-electron chi connectivity index (χ4n) is 3.06. The third kappa shape index (κ3) is 4.13. The number of amides is 1. The van der Waals surface area contributed by atoms with Gasteiger partial charge < -0.3 is 19.5 Å². The van der Waals surface area contributed by atoms with Gasteiger partial charge in [-0.1, -0.05) is 0 Å². The largest absolute Gasteiger partial charge is 0.493 e. The van der Waals surface area contributed by atoms with Crippen molar-refractivity contribution in [3.05, 3.63) is 40.3 Å². The number of hydrogen-bond donors (Lipinski definition) is 1. The first-order valence-electron chi connectivity index (χ1n) is 8.29. The minimum atomic E-state index is -0.891. The van der Waals surface area contributed by atoms with Gasteiger partial charge in [0.25, 0.3) is 5.91 Å². The van der Waals surface area contributed by atoms with Crippen LogP contribution in [0.4, 0.5) is 0 Å². The summed E-state index contributed by atoms with van der Waals surface area (Å²) in [7, 11) is 1.52. The standard InChI is InChI=1S/C18H20N2O5S/c1-24-16-7-12(4-5-15(16)25-9-13-10-26-11-19-13)18(23)20-6-2-3-14(20)8-17(21)22/h4-5,7,10-11,14H,2-3,6,8-9H2,1H3,(H,21,22). The zero-order valence-corrected chi connectivity index (χ0v) is 15.2. The summed E-state index contributed by atoms with van der Waals surface area (Å²) in [6.07, 6.45) is 1.50. The van der Waals surface area contributed by atoms with E-state index >= 15 is 0 Å². The first-order chi connectivity index (χ1) is 12.6. The third-order valence-electron chi connectivity index (χ3n) is 4.32. The summed E-state index contributed by atoms with van der Waals surface area (Å²) >= 11 is 1.50. The molecule has 138 valence electrons. The van der Waals surface area contributed by atoms with Crippen molar-refractivity contribution in [3.63, 3.8) is 0 Å². The Hall–Kier alpha value is -2.61. The van der Waals surface area contributed by atoms with Crippen LogP contribution in [-0.2, 0) is 11.4 Å². The van der Waals surface area contributed by atoms with Gasteiger partial charge >= 0.3 is 5.97 Å². The second-order valence-electron chi connectivity index (χ2n) is 6.03. The number of methoxy groups -OCH3 is 1. The van der Waals surface area contributed by atoms with Gasteiger partial charge in [-0.25, -0.2) is 4.98 Å². The zero-order chi connectivity index (χ0) is 18.5. The molecule has 1 unspecified atom stereocenters. The van der Waals surface area contributed by atoms with Crippen LogP contribution in [0.1, 0.15) is 35.3 Å². The lowest BCUT2D eigenvalue weighted by Crippen LogP contribution is -2.36. The van der Waals surface area contributed by atoms with E-state index in [0.717, 1.165) is 12.1 Å². The molecule has 0 saturated carbocycles. The Labute approximate surface area is 155 Å². The Morgan fingerprint density at radius 3 is 2.92 bits per heavy atom. The average Bonchev–Trinajstić information content (AvgIpc) is 3.30. The highest BCUT2D eigenvalue weighted by molar-refractivity contribution is 7.07. The summed E-state index contributed by atoms with van der Waals surface area (Å²) in [5.74, 6) is -0.0863. The predicted octanol–water partition coefficient (Wildman–Crippen LogP) is 2.81. The SMILES string of the molecule is COc1cc(C(=O)N2CCCC2CC(=O)O)ccc1OCc1cscn1. The second kappa shape index (κ2) is 8.18. The molecule has 1 aromatic heterocycles. The fourth-order valence-corrected chi connectivity index (χ4v) is 3.61. The highest BCUT2D eigenvalue weighted by atomic mass is 32.1. The summed E-state index contributed by atoms with van der Waals surface area (Å²) in [6, 6.07) is 4.75. The molecular weight excluding hydrogens is 356 g/mol. The lowest BCUT2D eigenvalue weighted by atomic mass is 10.1. The van der Waals surface area contributed by atoms with Gasteiger partial charge in [0.1, 0.15) is 6.61 Å². The molecule has 1 N–H and O–H groups in total. The van der Waals surface area contributed by atoms with Crippen molar-refractivity contribution in [2.45, 2.75) is 31.9 Å². The number of benzene rings is 1. The Kier molecular flexibility index (Phi) is 5.72. The van der Waals surface area contributed by atoms with Crippen LogP contribution < -0.4 is 9.47 Å². The minimum Gasteiger partial charge on any atom is -0.493 e. The number of aliphatic carboxylic acids is 1. The lowest BCUT2D eigenvalue weighted by Gasteiger charge is -2.24.